The highest BCUT2D eigenvalue weighted by molar-refractivity contribution is 5.55. The summed E-state index contributed by atoms with van der Waals surface area (Å²) in [7, 11) is 2.16. The number of nitrogens with two attached hydrogens (primary N) is 2. The van der Waals surface area contributed by atoms with Crippen LogP contribution in [0.5, 0.6) is 0 Å². The molecule has 4 nitrogen and oxygen atoms in total. The van der Waals surface area contributed by atoms with Gasteiger partial charge in [-0.25, -0.2) is 0 Å². The van der Waals surface area contributed by atoms with Crippen molar-refractivity contribution in [3.05, 3.63) is 90.6 Å². The molecule has 5 N–H and O–H groups in total. The summed E-state index contributed by atoms with van der Waals surface area (Å²) in [5, 5.41) is 2.15. The molecule has 0 spiro atoms. The van der Waals surface area contributed by atoms with Crippen molar-refractivity contribution in [2.45, 2.75) is 67.9 Å². The van der Waals surface area contributed by atoms with Crippen LogP contribution in [-0.4, -0.2) is 23.0 Å². The Morgan fingerprint density at radius 2 is 1.33 bits per heavy atom. The molecule has 1 aromatic rings. The Hall–Kier alpha value is -3.14. The maximum absolute atomic E-state index is 6.64. The maximum atomic E-state index is 6.64. The maximum Gasteiger partial charge on any atom is 0.0557 e. The van der Waals surface area contributed by atoms with Gasteiger partial charge in [-0.1, -0.05) is 12.2 Å². The average molecular weight is 445 g/mol. The zero-order valence-corrected chi connectivity index (χ0v) is 21.8. The van der Waals surface area contributed by atoms with Crippen LogP contribution < -0.4 is 22.2 Å². The predicted octanol–water partition coefficient (Wildman–Crippen LogP) is 4.49. The van der Waals surface area contributed by atoms with Crippen molar-refractivity contribution >= 4 is 12.2 Å². The van der Waals surface area contributed by atoms with Gasteiger partial charge in [-0.15, -0.1) is 0 Å². The topological polar surface area (TPSA) is 71.1 Å². The molecule has 4 bridgehead atoms. The van der Waals surface area contributed by atoms with Gasteiger partial charge < -0.3 is 21.4 Å². The van der Waals surface area contributed by atoms with Crippen molar-refractivity contribution in [3.63, 3.8) is 0 Å². The lowest BCUT2D eigenvalue weighted by molar-refractivity contribution is 0.366. The number of nitrogens with one attached hydrogen (secondary N) is 1. The smallest absolute Gasteiger partial charge is 0.0557 e. The molecule has 0 radical (unpaired) electrons. The summed E-state index contributed by atoms with van der Waals surface area (Å²) >= 11 is 0. The van der Waals surface area contributed by atoms with Crippen LogP contribution >= 0.6 is 0 Å². The van der Waals surface area contributed by atoms with Crippen molar-refractivity contribution in [3.8, 4) is 0 Å². The van der Waals surface area contributed by atoms with E-state index in [1.165, 1.54) is 33.5 Å². The summed E-state index contributed by atoms with van der Waals surface area (Å²) in [6.45, 7) is 17.2. The van der Waals surface area contributed by atoms with Gasteiger partial charge in [0.25, 0.3) is 0 Å². The standard InChI is InChI=1S/C29H40N4/c1-16-10-12-26-20(5)21(6)27(32-26)14-24(30)18(3)17(2)11-13-28-22(7)23(8)29(33(28)9)15-25(31)19(16)4/h10-14,29,32H,15,30-31H2,1-9H3/b16-10+,17-11+,24-18-,25-19-,26-12-,27-14-,28-13-. The second kappa shape index (κ2) is 9.38. The van der Waals surface area contributed by atoms with Crippen LogP contribution in [0.1, 0.15) is 59.1 Å². The van der Waals surface area contributed by atoms with Gasteiger partial charge in [0.15, 0.2) is 0 Å². The number of likely N-dealkylation sites (N-methyl/N-ethyl adjacent to an activating group) is 1. The molecule has 0 saturated carbocycles. The molecule has 3 rings (SSSR count). The lowest BCUT2D eigenvalue weighted by Crippen LogP contribution is -2.28. The van der Waals surface area contributed by atoms with Gasteiger partial charge >= 0.3 is 0 Å². The molecule has 2 aliphatic heterocycles. The molecule has 33 heavy (non-hydrogen) atoms. The third-order valence-corrected chi connectivity index (χ3v) is 7.76. The van der Waals surface area contributed by atoms with Gasteiger partial charge in [-0.05, 0) is 118 Å². The number of fused-ring (bicyclic) bond motifs is 4. The van der Waals surface area contributed by atoms with E-state index in [0.29, 0.717) is 0 Å². The van der Waals surface area contributed by atoms with Crippen molar-refractivity contribution in [2.75, 3.05) is 7.05 Å². The fourth-order valence-electron chi connectivity index (χ4n) is 4.52. The molecule has 0 amide bonds. The van der Waals surface area contributed by atoms with Gasteiger partial charge in [0, 0.05) is 41.3 Å². The predicted molar refractivity (Wildman–Crippen MR) is 142 cm³/mol. The van der Waals surface area contributed by atoms with Crippen LogP contribution in [-0.2, 0) is 0 Å². The average Bonchev–Trinajstić information content (AvgIpc) is 3.16. The van der Waals surface area contributed by atoms with Crippen LogP contribution in [0.4, 0.5) is 0 Å². The number of rotatable bonds is 0. The summed E-state index contributed by atoms with van der Waals surface area (Å²) in [6, 6.07) is 0.265. The summed E-state index contributed by atoms with van der Waals surface area (Å²) < 4.78 is 0. The third-order valence-electron chi connectivity index (χ3n) is 7.76. The van der Waals surface area contributed by atoms with E-state index in [2.05, 4.69) is 103 Å². The Balaban J connectivity index is 2.29. The van der Waals surface area contributed by atoms with Crippen LogP contribution in [0.3, 0.4) is 0 Å². The lowest BCUT2D eigenvalue weighted by atomic mass is 9.98. The molecule has 0 aromatic carbocycles. The Bertz CT molecular complexity index is 1290. The number of hydrogen-bond acceptors (Lipinski definition) is 3. The zero-order chi connectivity index (χ0) is 24.6. The zero-order valence-electron chi connectivity index (χ0n) is 21.8. The number of nitrogens with zero attached hydrogens (tertiary/aromatic N) is 1. The second-order valence-electron chi connectivity index (χ2n) is 9.63. The SMILES string of the molecule is CC1=C(C)C2C/C(N)=C(C)/C(C)=C/C=c3\[nH]\c(c(C)c3C)=C/C(N)=C(C)/C(C)=C/C=C/1N2C. The first-order chi connectivity index (χ1) is 15.4. The number of H-pyrrole nitrogens is 1. The normalized spacial score (nSPS) is 31.8. The molecule has 1 atom stereocenters. The number of aromatic amines is 1. The van der Waals surface area contributed by atoms with Gasteiger partial charge in [0.05, 0.1) is 6.04 Å². The van der Waals surface area contributed by atoms with Gasteiger partial charge in [0.1, 0.15) is 0 Å². The van der Waals surface area contributed by atoms with Crippen LogP contribution in [0, 0.1) is 13.8 Å². The van der Waals surface area contributed by atoms with Crippen LogP contribution in [0.25, 0.3) is 12.2 Å². The van der Waals surface area contributed by atoms with E-state index in [-0.39, 0.29) is 6.04 Å². The van der Waals surface area contributed by atoms with Crippen molar-refractivity contribution in [1.82, 2.24) is 9.88 Å². The highest BCUT2D eigenvalue weighted by Gasteiger charge is 2.29. The first-order valence-corrected chi connectivity index (χ1v) is 11.7. The third kappa shape index (κ3) is 4.66. The fraction of sp³-hybridized carbons (Fsp3) is 0.379. The summed E-state index contributed by atoms with van der Waals surface area (Å²) in [5.41, 5.74) is 25.8. The fourth-order valence-corrected chi connectivity index (χ4v) is 4.52. The van der Waals surface area contributed by atoms with E-state index >= 15 is 0 Å². The molecule has 0 aliphatic carbocycles. The molecular weight excluding hydrogens is 404 g/mol. The minimum Gasteiger partial charge on any atom is -0.402 e. The largest absolute Gasteiger partial charge is 0.402 e. The van der Waals surface area contributed by atoms with E-state index in [1.54, 1.807) is 0 Å². The molecular formula is C29H40N4. The summed E-state index contributed by atoms with van der Waals surface area (Å²) in [5.74, 6) is 0. The van der Waals surface area contributed by atoms with Gasteiger partial charge in [-0.3, -0.25) is 0 Å². The van der Waals surface area contributed by atoms with E-state index in [0.717, 1.165) is 45.2 Å². The Kier molecular flexibility index (Phi) is 6.97. The van der Waals surface area contributed by atoms with Crippen molar-refractivity contribution < 1.29 is 0 Å². The molecule has 1 aromatic heterocycles. The molecule has 2 aliphatic rings. The Labute approximate surface area is 199 Å². The van der Waals surface area contributed by atoms with Gasteiger partial charge in [0.2, 0.25) is 0 Å². The summed E-state index contributed by atoms with van der Waals surface area (Å²) in [6.07, 6.45) is 11.5. The van der Waals surface area contributed by atoms with Crippen LogP contribution in [0.2, 0.25) is 0 Å². The minimum atomic E-state index is 0.265. The highest BCUT2D eigenvalue weighted by Crippen LogP contribution is 2.35. The van der Waals surface area contributed by atoms with Gasteiger partial charge in [-0.2, -0.15) is 0 Å². The monoisotopic (exact) mass is 444 g/mol. The first-order valence-electron chi connectivity index (χ1n) is 11.7. The Morgan fingerprint density at radius 1 is 0.758 bits per heavy atom. The van der Waals surface area contributed by atoms with Crippen molar-refractivity contribution in [2.24, 2.45) is 11.5 Å². The number of aromatic nitrogens is 1. The molecule has 3 heterocycles. The molecule has 176 valence electrons. The van der Waals surface area contributed by atoms with E-state index < -0.39 is 0 Å². The lowest BCUT2D eigenvalue weighted by Gasteiger charge is -2.26. The van der Waals surface area contributed by atoms with Crippen molar-refractivity contribution in [1.29, 1.82) is 0 Å². The number of hydrogen-bond donors (Lipinski definition) is 3. The second-order valence-corrected chi connectivity index (χ2v) is 9.63. The van der Waals surface area contributed by atoms with E-state index in [9.17, 15) is 0 Å². The van der Waals surface area contributed by atoms with E-state index in [4.69, 9.17) is 11.5 Å². The minimum absolute atomic E-state index is 0.265. The first kappa shape index (κ1) is 24.5. The molecule has 0 fully saturated rings. The quantitative estimate of drug-likeness (QED) is 0.552. The number of allylic oxidation sites excluding steroid dienone is 9. The molecule has 1 unspecified atom stereocenters. The van der Waals surface area contributed by atoms with E-state index in [1.807, 2.05) is 0 Å². The Morgan fingerprint density at radius 3 is 2.00 bits per heavy atom. The summed E-state index contributed by atoms with van der Waals surface area (Å²) in [4.78, 5) is 5.90. The van der Waals surface area contributed by atoms with Crippen LogP contribution in [0.15, 0.2) is 68.8 Å². The molecule has 0 saturated heterocycles. The highest BCUT2D eigenvalue weighted by atomic mass is 15.2. The molecule has 4 heteroatoms.